The van der Waals surface area contributed by atoms with Crippen LogP contribution in [0.5, 0.6) is 0 Å². The van der Waals surface area contributed by atoms with Crippen molar-refractivity contribution >= 4 is 17.5 Å². The molecule has 0 aliphatic rings. The number of rotatable bonds is 7. The van der Waals surface area contributed by atoms with Gasteiger partial charge >= 0.3 is 0 Å². The van der Waals surface area contributed by atoms with Gasteiger partial charge in [-0.05, 0) is 25.1 Å². The van der Waals surface area contributed by atoms with E-state index in [1.165, 1.54) is 35.2 Å². The Hall–Kier alpha value is -4.02. The van der Waals surface area contributed by atoms with Crippen molar-refractivity contribution < 1.29 is 18.9 Å². The molecule has 3 rings (SSSR count). The van der Waals surface area contributed by atoms with Crippen molar-refractivity contribution in [1.29, 1.82) is 0 Å². The van der Waals surface area contributed by atoms with Crippen molar-refractivity contribution in [3.05, 3.63) is 69.9 Å². The molecule has 2 aromatic heterocycles. The number of benzene rings is 1. The zero-order valence-corrected chi connectivity index (χ0v) is 14.8. The fourth-order valence-electron chi connectivity index (χ4n) is 2.45. The first-order chi connectivity index (χ1) is 13.5. The summed E-state index contributed by atoms with van der Waals surface area (Å²) in [6.45, 7) is 2.00. The van der Waals surface area contributed by atoms with Gasteiger partial charge in [0.25, 0.3) is 17.5 Å². The maximum absolute atomic E-state index is 12.3. The summed E-state index contributed by atoms with van der Waals surface area (Å²) in [5.41, 5.74) is 0.844. The van der Waals surface area contributed by atoms with E-state index in [1.54, 1.807) is 19.1 Å². The third kappa shape index (κ3) is 4.03. The van der Waals surface area contributed by atoms with Gasteiger partial charge in [0.05, 0.1) is 22.6 Å². The Bertz CT molecular complexity index is 1010. The van der Waals surface area contributed by atoms with E-state index in [0.29, 0.717) is 11.4 Å². The molecule has 144 valence electrons. The van der Waals surface area contributed by atoms with Crippen molar-refractivity contribution in [3.8, 4) is 5.69 Å². The first kappa shape index (κ1) is 18.8. The molecule has 0 saturated heterocycles. The molecule has 0 unspecified atom stereocenters. The predicted molar refractivity (Wildman–Crippen MR) is 96.1 cm³/mol. The molecule has 0 saturated carbocycles. The minimum absolute atomic E-state index is 0.0869. The Kier molecular flexibility index (Phi) is 5.44. The molecule has 11 nitrogen and oxygen atoms in total. The lowest BCUT2D eigenvalue weighted by molar-refractivity contribution is -0.384. The topological polar surface area (TPSA) is 145 Å². The number of nitrogens with zero attached hydrogens (tertiary/aromatic N) is 4. The highest BCUT2D eigenvalue weighted by Crippen LogP contribution is 2.18. The van der Waals surface area contributed by atoms with Crippen LogP contribution < -0.4 is 10.6 Å². The van der Waals surface area contributed by atoms with Crippen LogP contribution in [-0.4, -0.2) is 44.8 Å². The van der Waals surface area contributed by atoms with Crippen LogP contribution in [0.3, 0.4) is 0 Å². The summed E-state index contributed by atoms with van der Waals surface area (Å²) < 4.78 is 6.31. The van der Waals surface area contributed by atoms with Gasteiger partial charge in [-0.25, -0.2) is 4.68 Å². The molecule has 0 fully saturated rings. The van der Waals surface area contributed by atoms with Gasteiger partial charge in [0, 0.05) is 25.2 Å². The van der Waals surface area contributed by atoms with Crippen LogP contribution in [0.25, 0.3) is 5.69 Å². The summed E-state index contributed by atoms with van der Waals surface area (Å²) in [6.07, 6.45) is 1.39. The van der Waals surface area contributed by atoms with Crippen LogP contribution in [0.1, 0.15) is 26.7 Å². The van der Waals surface area contributed by atoms with E-state index < -0.39 is 10.8 Å². The smallest absolute Gasteiger partial charge is 0.287 e. The Labute approximate surface area is 158 Å². The van der Waals surface area contributed by atoms with Crippen molar-refractivity contribution in [2.45, 2.75) is 6.92 Å². The van der Waals surface area contributed by atoms with Gasteiger partial charge in [-0.1, -0.05) is 11.3 Å². The summed E-state index contributed by atoms with van der Waals surface area (Å²) in [4.78, 5) is 34.4. The Balaban J connectivity index is 1.60. The number of non-ortho nitro benzene ring substituents is 1. The summed E-state index contributed by atoms with van der Waals surface area (Å²) in [6, 6.07) is 8.98. The number of nitrogens with one attached hydrogen (secondary N) is 2. The molecule has 0 aliphatic carbocycles. The van der Waals surface area contributed by atoms with Gasteiger partial charge in [0.1, 0.15) is 0 Å². The zero-order chi connectivity index (χ0) is 20.1. The molecule has 0 atom stereocenters. The molecule has 28 heavy (non-hydrogen) atoms. The van der Waals surface area contributed by atoms with Gasteiger partial charge < -0.3 is 15.1 Å². The molecule has 0 spiro atoms. The number of nitro groups is 1. The van der Waals surface area contributed by atoms with Crippen LogP contribution in [0, 0.1) is 17.0 Å². The third-order valence-electron chi connectivity index (χ3n) is 3.84. The molecule has 3 aromatic rings. The van der Waals surface area contributed by atoms with Gasteiger partial charge in [0.2, 0.25) is 0 Å². The molecule has 1 aromatic carbocycles. The second-order valence-corrected chi connectivity index (χ2v) is 5.70. The SMILES string of the molecule is Cc1c(C(=O)NCCNC(=O)c2ccco2)nnn1-c1cccc([N+](=O)[O-])c1. The van der Waals surface area contributed by atoms with Gasteiger partial charge in [0.15, 0.2) is 11.5 Å². The molecule has 0 radical (unpaired) electrons. The molecular weight excluding hydrogens is 368 g/mol. The summed E-state index contributed by atoms with van der Waals surface area (Å²) in [5, 5.41) is 23.9. The number of carbonyl (C=O) groups excluding carboxylic acids is 2. The number of carbonyl (C=O) groups is 2. The fourth-order valence-corrected chi connectivity index (χ4v) is 2.45. The monoisotopic (exact) mass is 384 g/mol. The molecular formula is C17H16N6O5. The molecule has 2 N–H and O–H groups in total. The van der Waals surface area contributed by atoms with Crippen LogP contribution in [-0.2, 0) is 0 Å². The number of hydrogen-bond acceptors (Lipinski definition) is 7. The number of aromatic nitrogens is 3. The molecule has 2 heterocycles. The van der Waals surface area contributed by atoms with Gasteiger partial charge in [-0.15, -0.1) is 5.10 Å². The highest BCUT2D eigenvalue weighted by atomic mass is 16.6. The van der Waals surface area contributed by atoms with Crippen molar-refractivity contribution in [2.24, 2.45) is 0 Å². The lowest BCUT2D eigenvalue weighted by Gasteiger charge is -2.06. The van der Waals surface area contributed by atoms with Crippen LogP contribution >= 0.6 is 0 Å². The maximum atomic E-state index is 12.3. The van der Waals surface area contributed by atoms with E-state index in [-0.39, 0.29) is 36.1 Å². The second kappa shape index (κ2) is 8.12. The molecule has 0 aliphatic heterocycles. The standard InChI is InChI=1S/C17H16N6O5/c1-11-15(17(25)19-8-7-18-16(24)14-6-3-9-28-14)20-21-22(11)12-4-2-5-13(10-12)23(26)27/h2-6,9-10H,7-8H2,1H3,(H,18,24)(H,19,25). The highest BCUT2D eigenvalue weighted by Gasteiger charge is 2.18. The van der Waals surface area contributed by atoms with Crippen LogP contribution in [0.2, 0.25) is 0 Å². The summed E-state index contributed by atoms with van der Waals surface area (Å²) in [5.74, 6) is -0.671. The number of amides is 2. The highest BCUT2D eigenvalue weighted by molar-refractivity contribution is 5.93. The third-order valence-corrected chi connectivity index (χ3v) is 3.84. The van der Waals surface area contributed by atoms with E-state index in [9.17, 15) is 19.7 Å². The lowest BCUT2D eigenvalue weighted by Crippen LogP contribution is -2.35. The molecule has 11 heteroatoms. The zero-order valence-electron chi connectivity index (χ0n) is 14.8. The average Bonchev–Trinajstić information content (AvgIpc) is 3.35. The minimum atomic E-state index is -0.513. The number of nitro benzene ring substituents is 1. The van der Waals surface area contributed by atoms with Crippen molar-refractivity contribution in [1.82, 2.24) is 25.6 Å². The average molecular weight is 384 g/mol. The number of furan rings is 1. The summed E-state index contributed by atoms with van der Waals surface area (Å²) >= 11 is 0. The molecule has 0 bridgehead atoms. The second-order valence-electron chi connectivity index (χ2n) is 5.70. The Morgan fingerprint density at radius 2 is 1.93 bits per heavy atom. The van der Waals surface area contributed by atoms with Crippen molar-refractivity contribution in [2.75, 3.05) is 13.1 Å². The van der Waals surface area contributed by atoms with Gasteiger partial charge in [-0.2, -0.15) is 0 Å². The van der Waals surface area contributed by atoms with E-state index in [0.717, 1.165) is 0 Å². The van der Waals surface area contributed by atoms with Crippen LogP contribution in [0.15, 0.2) is 47.1 Å². The summed E-state index contributed by atoms with van der Waals surface area (Å²) in [7, 11) is 0. The fraction of sp³-hybridized carbons (Fsp3) is 0.176. The Morgan fingerprint density at radius 3 is 2.61 bits per heavy atom. The van der Waals surface area contributed by atoms with E-state index in [4.69, 9.17) is 4.42 Å². The first-order valence-electron chi connectivity index (χ1n) is 8.24. The van der Waals surface area contributed by atoms with Crippen LogP contribution in [0.4, 0.5) is 5.69 Å². The maximum Gasteiger partial charge on any atom is 0.287 e. The normalized spacial score (nSPS) is 10.5. The van der Waals surface area contributed by atoms with E-state index in [1.807, 2.05) is 0 Å². The first-order valence-corrected chi connectivity index (χ1v) is 8.24. The minimum Gasteiger partial charge on any atom is -0.459 e. The van der Waals surface area contributed by atoms with E-state index in [2.05, 4.69) is 20.9 Å². The van der Waals surface area contributed by atoms with Crippen molar-refractivity contribution in [3.63, 3.8) is 0 Å². The number of hydrogen-bond donors (Lipinski definition) is 2. The largest absolute Gasteiger partial charge is 0.459 e. The lowest BCUT2D eigenvalue weighted by atomic mass is 10.2. The van der Waals surface area contributed by atoms with Gasteiger partial charge in [-0.3, -0.25) is 19.7 Å². The predicted octanol–water partition coefficient (Wildman–Crippen LogP) is 1.24. The quantitative estimate of drug-likeness (QED) is 0.354. The van der Waals surface area contributed by atoms with E-state index >= 15 is 0 Å². The molecule has 2 amide bonds. The Morgan fingerprint density at radius 1 is 1.18 bits per heavy atom.